The molecule has 3 aromatic carbocycles. The van der Waals surface area contributed by atoms with Gasteiger partial charge in [-0.3, -0.25) is 4.79 Å². The number of methoxy groups -OCH3 is 1. The highest BCUT2D eigenvalue weighted by atomic mass is 16.5. The lowest BCUT2D eigenvalue weighted by Crippen LogP contribution is -2.26. The summed E-state index contributed by atoms with van der Waals surface area (Å²) in [6.07, 6.45) is 3.62. The van der Waals surface area contributed by atoms with Crippen molar-refractivity contribution < 1.29 is 9.53 Å². The summed E-state index contributed by atoms with van der Waals surface area (Å²) in [6.45, 7) is 2.62. The van der Waals surface area contributed by atoms with Crippen molar-refractivity contribution in [2.75, 3.05) is 33.1 Å². The zero-order valence-corrected chi connectivity index (χ0v) is 20.1. The van der Waals surface area contributed by atoms with Gasteiger partial charge in [0.15, 0.2) is 0 Å². The van der Waals surface area contributed by atoms with Crippen LogP contribution in [0.5, 0.6) is 0 Å². The van der Waals surface area contributed by atoms with Crippen LogP contribution in [-0.2, 0) is 16.0 Å². The monoisotopic (exact) mass is 442 g/mol. The Labute approximate surface area is 197 Å². The topological polar surface area (TPSA) is 41.6 Å². The summed E-state index contributed by atoms with van der Waals surface area (Å²) < 4.78 is 5.96. The van der Waals surface area contributed by atoms with E-state index < -0.39 is 0 Å². The average molecular weight is 443 g/mol. The van der Waals surface area contributed by atoms with E-state index in [2.05, 4.69) is 72.8 Å². The SMILES string of the molecule is COC1c2ccc(-c3ccc(-c4cccc(NC(C)=O)c4)cc3)cc2CCC1CCN(C)C. The molecular formula is C29H34N2O2. The van der Waals surface area contributed by atoms with Gasteiger partial charge in [-0.15, -0.1) is 0 Å². The Bertz CT molecular complexity index is 1100. The summed E-state index contributed by atoms with van der Waals surface area (Å²) >= 11 is 0. The van der Waals surface area contributed by atoms with Crippen molar-refractivity contribution in [3.05, 3.63) is 77.9 Å². The number of nitrogens with one attached hydrogen (secondary N) is 1. The number of aryl methyl sites for hydroxylation is 1. The predicted molar refractivity (Wildman–Crippen MR) is 136 cm³/mol. The Hall–Kier alpha value is -2.95. The second-order valence-corrected chi connectivity index (χ2v) is 9.30. The van der Waals surface area contributed by atoms with Crippen LogP contribution >= 0.6 is 0 Å². The van der Waals surface area contributed by atoms with Crippen molar-refractivity contribution >= 4 is 11.6 Å². The average Bonchev–Trinajstić information content (AvgIpc) is 2.81. The summed E-state index contributed by atoms with van der Waals surface area (Å²) in [6, 6.07) is 23.4. The molecule has 1 amide bonds. The lowest BCUT2D eigenvalue weighted by atomic mass is 9.78. The number of rotatable bonds is 7. The van der Waals surface area contributed by atoms with Gasteiger partial charge in [0.25, 0.3) is 0 Å². The van der Waals surface area contributed by atoms with E-state index in [-0.39, 0.29) is 12.0 Å². The zero-order valence-electron chi connectivity index (χ0n) is 20.1. The number of fused-ring (bicyclic) bond motifs is 1. The minimum Gasteiger partial charge on any atom is -0.376 e. The first-order chi connectivity index (χ1) is 15.9. The van der Waals surface area contributed by atoms with Gasteiger partial charge in [0.2, 0.25) is 5.91 Å². The maximum absolute atomic E-state index is 11.4. The van der Waals surface area contributed by atoms with Gasteiger partial charge in [0.1, 0.15) is 0 Å². The van der Waals surface area contributed by atoms with Crippen molar-refractivity contribution in [2.24, 2.45) is 5.92 Å². The van der Waals surface area contributed by atoms with Crippen LogP contribution < -0.4 is 5.32 Å². The van der Waals surface area contributed by atoms with E-state index in [1.54, 1.807) is 0 Å². The molecule has 0 spiro atoms. The fraction of sp³-hybridized carbons (Fsp3) is 0.345. The maximum Gasteiger partial charge on any atom is 0.221 e. The highest BCUT2D eigenvalue weighted by Gasteiger charge is 2.29. The van der Waals surface area contributed by atoms with E-state index >= 15 is 0 Å². The molecule has 0 aromatic heterocycles. The molecule has 33 heavy (non-hydrogen) atoms. The molecule has 2 unspecified atom stereocenters. The quantitative estimate of drug-likeness (QED) is 0.475. The van der Waals surface area contributed by atoms with Crippen LogP contribution in [0, 0.1) is 5.92 Å². The third kappa shape index (κ3) is 5.52. The van der Waals surface area contributed by atoms with E-state index in [4.69, 9.17) is 4.74 Å². The molecule has 0 saturated carbocycles. The summed E-state index contributed by atoms with van der Waals surface area (Å²) in [5.41, 5.74) is 8.25. The maximum atomic E-state index is 11.4. The van der Waals surface area contributed by atoms with Gasteiger partial charge in [0, 0.05) is 19.7 Å². The summed E-state index contributed by atoms with van der Waals surface area (Å²) in [4.78, 5) is 13.6. The Morgan fingerprint density at radius 1 is 0.970 bits per heavy atom. The predicted octanol–water partition coefficient (Wildman–Crippen LogP) is 6.18. The number of amides is 1. The first-order valence-electron chi connectivity index (χ1n) is 11.7. The molecule has 0 saturated heterocycles. The Morgan fingerprint density at radius 2 is 1.64 bits per heavy atom. The lowest BCUT2D eigenvalue weighted by Gasteiger charge is -2.33. The molecule has 0 heterocycles. The number of hydrogen-bond donors (Lipinski definition) is 1. The van der Waals surface area contributed by atoms with Gasteiger partial charge < -0.3 is 15.0 Å². The molecule has 0 aliphatic heterocycles. The summed E-state index contributed by atoms with van der Waals surface area (Å²) in [5, 5.41) is 2.85. The van der Waals surface area contributed by atoms with Crippen LogP contribution in [0.3, 0.4) is 0 Å². The molecule has 3 aromatic rings. The standard InChI is InChI=1S/C29H34N2O2/c1-20(32)30-27-7-5-6-24(19-27)21-8-10-22(11-9-21)25-14-15-28-26(18-25)13-12-23(29(28)33-4)16-17-31(2)3/h5-11,14-15,18-19,23,29H,12-13,16-17H2,1-4H3,(H,30,32). The van der Waals surface area contributed by atoms with Crippen LogP contribution in [0.4, 0.5) is 5.69 Å². The third-order valence-corrected chi connectivity index (χ3v) is 6.60. The van der Waals surface area contributed by atoms with E-state index in [0.29, 0.717) is 5.92 Å². The molecule has 1 aliphatic carbocycles. The molecule has 2 atom stereocenters. The largest absolute Gasteiger partial charge is 0.376 e. The number of anilines is 1. The highest BCUT2D eigenvalue weighted by molar-refractivity contribution is 5.89. The van der Waals surface area contributed by atoms with E-state index in [1.807, 2.05) is 25.3 Å². The van der Waals surface area contributed by atoms with Crippen LogP contribution in [-0.4, -0.2) is 38.6 Å². The smallest absolute Gasteiger partial charge is 0.221 e. The second kappa shape index (κ2) is 10.3. The van der Waals surface area contributed by atoms with Gasteiger partial charge in [-0.1, -0.05) is 54.6 Å². The second-order valence-electron chi connectivity index (χ2n) is 9.30. The number of hydrogen-bond acceptors (Lipinski definition) is 3. The molecule has 4 nitrogen and oxygen atoms in total. The normalized spacial score (nSPS) is 17.6. The Kier molecular flexibility index (Phi) is 7.26. The van der Waals surface area contributed by atoms with Crippen molar-refractivity contribution in [2.45, 2.75) is 32.3 Å². The molecule has 4 rings (SSSR count). The van der Waals surface area contributed by atoms with Gasteiger partial charge in [-0.25, -0.2) is 0 Å². The zero-order chi connectivity index (χ0) is 23.4. The molecular weight excluding hydrogens is 408 g/mol. The number of benzene rings is 3. The van der Waals surface area contributed by atoms with Crippen LogP contribution in [0.2, 0.25) is 0 Å². The minimum absolute atomic E-state index is 0.0605. The molecule has 0 bridgehead atoms. The first-order valence-corrected chi connectivity index (χ1v) is 11.7. The lowest BCUT2D eigenvalue weighted by molar-refractivity contribution is -0.114. The fourth-order valence-corrected chi connectivity index (χ4v) is 4.90. The number of ether oxygens (including phenoxy) is 1. The molecule has 0 fully saturated rings. The highest BCUT2D eigenvalue weighted by Crippen LogP contribution is 2.40. The Morgan fingerprint density at radius 3 is 2.27 bits per heavy atom. The van der Waals surface area contributed by atoms with Gasteiger partial charge in [-0.05, 0) is 91.3 Å². The van der Waals surface area contributed by atoms with Crippen LogP contribution in [0.15, 0.2) is 66.7 Å². The van der Waals surface area contributed by atoms with E-state index in [9.17, 15) is 4.79 Å². The molecule has 0 radical (unpaired) electrons. The van der Waals surface area contributed by atoms with Crippen molar-refractivity contribution in [1.82, 2.24) is 4.90 Å². The third-order valence-electron chi connectivity index (χ3n) is 6.60. The van der Waals surface area contributed by atoms with Gasteiger partial charge in [-0.2, -0.15) is 0 Å². The van der Waals surface area contributed by atoms with Crippen LogP contribution in [0.1, 0.15) is 37.0 Å². The number of nitrogens with zero attached hydrogens (tertiary/aromatic N) is 1. The van der Waals surface area contributed by atoms with Gasteiger partial charge >= 0.3 is 0 Å². The first kappa shape index (κ1) is 23.2. The van der Waals surface area contributed by atoms with E-state index in [1.165, 1.54) is 35.6 Å². The summed E-state index contributed by atoms with van der Waals surface area (Å²) in [5.74, 6) is 0.512. The minimum atomic E-state index is -0.0605. The number of carbonyl (C=O) groups is 1. The van der Waals surface area contributed by atoms with Crippen molar-refractivity contribution in [3.8, 4) is 22.3 Å². The van der Waals surface area contributed by atoms with E-state index in [0.717, 1.165) is 36.2 Å². The molecule has 1 N–H and O–H groups in total. The molecule has 172 valence electrons. The molecule has 4 heteroatoms. The van der Waals surface area contributed by atoms with Crippen LogP contribution in [0.25, 0.3) is 22.3 Å². The van der Waals surface area contributed by atoms with Crippen molar-refractivity contribution in [3.63, 3.8) is 0 Å². The fourth-order valence-electron chi connectivity index (χ4n) is 4.90. The Balaban J connectivity index is 1.53. The molecule has 1 aliphatic rings. The summed E-state index contributed by atoms with van der Waals surface area (Å²) in [7, 11) is 6.11. The van der Waals surface area contributed by atoms with Gasteiger partial charge in [0.05, 0.1) is 6.10 Å². The number of carbonyl (C=O) groups excluding carboxylic acids is 1. The van der Waals surface area contributed by atoms with Crippen molar-refractivity contribution in [1.29, 1.82) is 0 Å².